The highest BCUT2D eigenvalue weighted by Gasteiger charge is 2.28. The van der Waals surface area contributed by atoms with Crippen LogP contribution in [0.15, 0.2) is 39.8 Å². The van der Waals surface area contributed by atoms with Crippen LogP contribution in [0.25, 0.3) is 22.4 Å². The summed E-state index contributed by atoms with van der Waals surface area (Å²) < 4.78 is 5.01. The number of nitrogens with one attached hydrogen (secondary N) is 1. The molecule has 2 N–H and O–H groups in total. The van der Waals surface area contributed by atoms with Crippen molar-refractivity contribution in [1.82, 2.24) is 9.97 Å². The zero-order chi connectivity index (χ0) is 18.4. The Labute approximate surface area is 150 Å². The van der Waals surface area contributed by atoms with Crippen molar-refractivity contribution in [1.29, 1.82) is 0 Å². The minimum Gasteiger partial charge on any atom is -0.480 e. The third-order valence-electron chi connectivity index (χ3n) is 3.89. The number of benzene rings is 1. The van der Waals surface area contributed by atoms with E-state index in [1.807, 2.05) is 24.3 Å². The van der Waals surface area contributed by atoms with Crippen molar-refractivity contribution in [2.75, 3.05) is 0 Å². The average Bonchev–Trinajstić information content (AvgIpc) is 3.12. The number of aromatic nitrogens is 2. The van der Waals surface area contributed by atoms with Crippen LogP contribution < -0.4 is 0 Å². The summed E-state index contributed by atoms with van der Waals surface area (Å²) in [6, 6.07) is 7.88. The maximum Gasteiger partial charge on any atom is 0.319 e. The molecule has 0 saturated heterocycles. The van der Waals surface area contributed by atoms with Crippen molar-refractivity contribution >= 4 is 28.6 Å². The number of carbonyl (C=O) groups is 1. The molecule has 6 heteroatoms. The molecule has 3 aromatic rings. The van der Waals surface area contributed by atoms with E-state index in [0.717, 1.165) is 21.5 Å². The van der Waals surface area contributed by atoms with Gasteiger partial charge >= 0.3 is 5.97 Å². The zero-order valence-electron chi connectivity index (χ0n) is 15.0. The number of fused-ring (bicyclic) bond motifs is 1. The predicted molar refractivity (Wildman–Crippen MR) is 100 cm³/mol. The van der Waals surface area contributed by atoms with Crippen LogP contribution in [0.3, 0.4) is 0 Å². The zero-order valence-corrected chi connectivity index (χ0v) is 15.8. The van der Waals surface area contributed by atoms with E-state index in [1.165, 1.54) is 11.8 Å². The highest BCUT2D eigenvalue weighted by Crippen LogP contribution is 2.35. The maximum atomic E-state index is 11.3. The average molecular weight is 358 g/mol. The van der Waals surface area contributed by atoms with Crippen LogP contribution in [0.1, 0.15) is 40.5 Å². The first-order valence-corrected chi connectivity index (χ1v) is 8.90. The number of hydrogen-bond acceptors (Lipinski definition) is 4. The number of nitrogens with zero attached hydrogens (tertiary/aromatic N) is 1. The Balaban J connectivity index is 1.93. The highest BCUT2D eigenvalue weighted by atomic mass is 32.2. The van der Waals surface area contributed by atoms with E-state index in [1.54, 1.807) is 20.0 Å². The Hall–Kier alpha value is -2.21. The van der Waals surface area contributed by atoms with Gasteiger partial charge < -0.3 is 14.5 Å². The van der Waals surface area contributed by atoms with Gasteiger partial charge in [-0.1, -0.05) is 20.8 Å². The number of aromatic amines is 1. The molecule has 3 rings (SSSR count). The van der Waals surface area contributed by atoms with Crippen molar-refractivity contribution < 1.29 is 14.3 Å². The van der Waals surface area contributed by atoms with Gasteiger partial charge in [0.2, 0.25) is 0 Å². The molecule has 0 fully saturated rings. The van der Waals surface area contributed by atoms with Gasteiger partial charge in [0.15, 0.2) is 11.7 Å². The topological polar surface area (TPSA) is 79.1 Å². The van der Waals surface area contributed by atoms with E-state index in [-0.39, 0.29) is 5.41 Å². The maximum absolute atomic E-state index is 11.3. The number of oxazole rings is 1. The van der Waals surface area contributed by atoms with Gasteiger partial charge in [-0.25, -0.2) is 4.98 Å². The fraction of sp³-hybridized carbons (Fsp3) is 0.368. The molecule has 5 nitrogen and oxygen atoms in total. The fourth-order valence-corrected chi connectivity index (χ4v) is 3.39. The lowest BCUT2D eigenvalue weighted by Crippen LogP contribution is -2.26. The van der Waals surface area contributed by atoms with Crippen LogP contribution in [0.2, 0.25) is 0 Å². The van der Waals surface area contributed by atoms with E-state index >= 15 is 0 Å². The summed E-state index contributed by atoms with van der Waals surface area (Å²) in [5.41, 5.74) is 1.69. The number of aliphatic carboxylic acids is 1. The molecule has 132 valence electrons. The van der Waals surface area contributed by atoms with Crippen molar-refractivity contribution in [2.45, 2.75) is 49.7 Å². The number of H-pyrrole nitrogens is 1. The largest absolute Gasteiger partial charge is 0.480 e. The number of carboxylic acid groups (broad SMARTS) is 1. The second-order valence-corrected chi connectivity index (χ2v) is 9.33. The van der Waals surface area contributed by atoms with Gasteiger partial charge in [0.05, 0.1) is 11.9 Å². The van der Waals surface area contributed by atoms with Gasteiger partial charge in [-0.3, -0.25) is 4.79 Å². The fourth-order valence-electron chi connectivity index (χ4n) is 2.39. The van der Waals surface area contributed by atoms with Gasteiger partial charge in [0, 0.05) is 21.2 Å². The lowest BCUT2D eigenvalue weighted by Gasteiger charge is -2.18. The molecule has 2 aromatic heterocycles. The van der Waals surface area contributed by atoms with E-state index < -0.39 is 10.7 Å². The van der Waals surface area contributed by atoms with Crippen molar-refractivity contribution in [3.63, 3.8) is 0 Å². The van der Waals surface area contributed by atoms with E-state index in [9.17, 15) is 9.90 Å². The van der Waals surface area contributed by atoms with Gasteiger partial charge in [-0.15, -0.1) is 11.8 Å². The molecular formula is C19H22N2O3S. The smallest absolute Gasteiger partial charge is 0.319 e. The lowest BCUT2D eigenvalue weighted by atomic mass is 9.97. The van der Waals surface area contributed by atoms with Crippen LogP contribution in [0.5, 0.6) is 0 Å². The second-order valence-electron chi connectivity index (χ2n) is 7.63. The van der Waals surface area contributed by atoms with Gasteiger partial charge in [-0.2, -0.15) is 0 Å². The highest BCUT2D eigenvalue weighted by molar-refractivity contribution is 8.01. The normalized spacial score (nSPS) is 12.7. The molecule has 1 aromatic carbocycles. The van der Waals surface area contributed by atoms with Crippen molar-refractivity contribution in [2.24, 2.45) is 0 Å². The summed E-state index contributed by atoms with van der Waals surface area (Å²) in [5.74, 6) is 0.561. The first kappa shape index (κ1) is 17.6. The minimum atomic E-state index is -0.876. The van der Waals surface area contributed by atoms with Gasteiger partial charge in [0.1, 0.15) is 4.75 Å². The summed E-state index contributed by atoms with van der Waals surface area (Å²) in [6.45, 7) is 9.58. The summed E-state index contributed by atoms with van der Waals surface area (Å²) in [7, 11) is 0. The molecule has 0 amide bonds. The van der Waals surface area contributed by atoms with Crippen molar-refractivity contribution in [3.05, 3.63) is 36.4 Å². The Morgan fingerprint density at radius 1 is 1.20 bits per heavy atom. The second kappa shape index (κ2) is 5.95. The summed E-state index contributed by atoms with van der Waals surface area (Å²) >= 11 is 1.33. The molecule has 0 atom stereocenters. The summed E-state index contributed by atoms with van der Waals surface area (Å²) in [4.78, 5) is 19.9. The number of thioether (sulfide) groups is 1. The Kier molecular flexibility index (Phi) is 4.19. The molecule has 0 aliphatic heterocycles. The van der Waals surface area contributed by atoms with Crippen LogP contribution in [-0.4, -0.2) is 25.8 Å². The molecule has 0 spiro atoms. The molecule has 0 aliphatic carbocycles. The first-order valence-electron chi connectivity index (χ1n) is 8.08. The third kappa shape index (κ3) is 3.58. The lowest BCUT2D eigenvalue weighted by molar-refractivity contribution is -0.138. The first-order chi connectivity index (χ1) is 11.6. The number of hydrogen-bond donors (Lipinski definition) is 2. The molecule has 0 aliphatic rings. The van der Waals surface area contributed by atoms with E-state index in [0.29, 0.717) is 11.7 Å². The Morgan fingerprint density at radius 3 is 2.52 bits per heavy atom. The molecule has 2 heterocycles. The number of carboxylic acids is 1. The van der Waals surface area contributed by atoms with E-state index in [2.05, 4.69) is 30.7 Å². The van der Waals surface area contributed by atoms with Crippen LogP contribution in [-0.2, 0) is 10.2 Å². The monoisotopic (exact) mass is 358 g/mol. The summed E-state index contributed by atoms with van der Waals surface area (Å²) in [5, 5.41) is 10.3. The Morgan fingerprint density at radius 2 is 1.92 bits per heavy atom. The quantitative estimate of drug-likeness (QED) is 0.636. The Bertz CT molecular complexity index is 932. The van der Waals surface area contributed by atoms with Crippen LogP contribution in [0, 0.1) is 0 Å². The number of rotatable bonds is 4. The van der Waals surface area contributed by atoms with Crippen molar-refractivity contribution in [3.8, 4) is 11.5 Å². The van der Waals surface area contributed by atoms with E-state index in [4.69, 9.17) is 4.42 Å². The SMILES string of the molecule is CC(C)(Sc1ccc2[nH]c(-c3cnc(C(C)(C)C)o3)cc2c1)C(=O)O. The van der Waals surface area contributed by atoms with Crippen LogP contribution >= 0.6 is 11.8 Å². The molecular weight excluding hydrogens is 336 g/mol. The van der Waals surface area contributed by atoms with Gasteiger partial charge in [0.25, 0.3) is 0 Å². The molecule has 0 radical (unpaired) electrons. The standard InChI is InChI=1S/C19H22N2O3S/c1-18(2,3)16-20-10-15(24-16)14-9-11-8-12(6-7-13(11)21-14)25-19(4,5)17(22)23/h6-10,21H,1-5H3,(H,22,23). The van der Waals surface area contributed by atoms with Gasteiger partial charge in [-0.05, 0) is 38.1 Å². The van der Waals surface area contributed by atoms with Crippen LogP contribution in [0.4, 0.5) is 0 Å². The predicted octanol–water partition coefficient (Wildman–Crippen LogP) is 5.08. The third-order valence-corrected chi connectivity index (χ3v) is 5.07. The molecule has 0 unspecified atom stereocenters. The summed E-state index contributed by atoms with van der Waals surface area (Å²) in [6.07, 6.45) is 1.73. The minimum absolute atomic E-state index is 0.142. The molecule has 25 heavy (non-hydrogen) atoms. The molecule has 0 saturated carbocycles. The molecule has 0 bridgehead atoms.